The highest BCUT2D eigenvalue weighted by Gasteiger charge is 2.37. The Labute approximate surface area is 575 Å². The number of anilines is 2. The van der Waals surface area contributed by atoms with Crippen LogP contribution in [0.3, 0.4) is 0 Å². The molecule has 488 valence electrons. The predicted molar refractivity (Wildman–Crippen MR) is 365 cm³/mol. The SMILES string of the molecule is CC[C@@H](c1ccc(Cl)c(C(=O)c2ccc(Br)nc2)c1F)C1CC1.CC[C@@H](c1ccc(Cl)c(C(=O)c2ccc(N)nc2)c1F)C1CC1.CC[C@@H](c1ccc(Cl)cc1F)C1CC1.COC(=O)c1ccc(Br)nc1.Nc1ccc(C(=O)c2c(Cl)ccc([C@H](N)C3CC3)c2F)cn1. The standard InChI is InChI=1S/C18H16BrClFNO.C18H18ClFN2O.C16H15ClFN3O.C12H14ClF.C7H6BrNO2/c1-2-12(10-3-4-10)13-6-7-14(20)16(17(13)21)18(23)11-5-8-15(19)22-9-11;1-2-12(10-3-4-10)13-6-7-14(19)16(17(13)20)18(23)11-5-8-15(21)22-9-11;17-11-5-4-10(15(20)8-1-2-8)14(18)13(11)16(22)9-3-6-12(19)21-7-9;1-2-10(8-3-4-8)11-6-5-9(13)7-12(11)14;1-11-7(10)5-2-3-6(8)9-4-5/h5-10,12H,2-4H2,1H3;5-10,12H,2-4H2,1H3,(H2,21,22);3-8,15H,1-2,20H2,(H2,19,21);5-8,10H,2-4H2,1H3;2-4H,1H3/t2*12-;15-;10-;/m1111./s1. The largest absolute Gasteiger partial charge is 0.465 e. The maximum absolute atomic E-state index is 15.0. The van der Waals surface area contributed by atoms with Gasteiger partial charge >= 0.3 is 5.97 Å². The number of hydrogen-bond acceptors (Lipinski definition) is 12. The van der Waals surface area contributed by atoms with E-state index in [4.69, 9.17) is 63.6 Å². The number of aromatic nitrogens is 4. The van der Waals surface area contributed by atoms with Gasteiger partial charge in [0.1, 0.15) is 44.1 Å². The van der Waals surface area contributed by atoms with E-state index in [-0.39, 0.29) is 78.2 Å². The van der Waals surface area contributed by atoms with Gasteiger partial charge in [0, 0.05) is 58.1 Å². The third-order valence-electron chi connectivity index (χ3n) is 16.8. The Kier molecular flexibility index (Phi) is 25.7. The highest BCUT2D eigenvalue weighted by atomic mass is 79.9. The number of carbonyl (C=O) groups excluding carboxylic acids is 4. The van der Waals surface area contributed by atoms with Gasteiger partial charge in [-0.2, -0.15) is 0 Å². The first-order valence-corrected chi connectivity index (χ1v) is 33.6. The molecule has 8 aromatic rings. The van der Waals surface area contributed by atoms with Gasteiger partial charge < -0.3 is 21.9 Å². The van der Waals surface area contributed by atoms with Gasteiger partial charge in [0.15, 0.2) is 17.3 Å². The molecule has 4 aliphatic carbocycles. The number of nitrogens with zero attached hydrogens (tertiary/aromatic N) is 4. The maximum atomic E-state index is 15.0. The lowest BCUT2D eigenvalue weighted by Crippen LogP contribution is -2.17. The van der Waals surface area contributed by atoms with Crippen molar-refractivity contribution in [2.75, 3.05) is 18.6 Å². The molecule has 0 spiro atoms. The van der Waals surface area contributed by atoms with Crippen LogP contribution < -0.4 is 17.2 Å². The van der Waals surface area contributed by atoms with Crippen LogP contribution in [0.25, 0.3) is 0 Å². The van der Waals surface area contributed by atoms with Crippen molar-refractivity contribution >= 4 is 113 Å². The Morgan fingerprint density at radius 3 is 1.13 bits per heavy atom. The minimum atomic E-state index is -0.645. The fourth-order valence-corrected chi connectivity index (χ4v) is 12.5. The van der Waals surface area contributed by atoms with Crippen LogP contribution >= 0.6 is 78.3 Å². The third-order valence-corrected chi connectivity index (χ3v) is 18.9. The predicted octanol–water partition coefficient (Wildman–Crippen LogP) is 19.5. The molecule has 4 aliphatic rings. The molecule has 0 unspecified atom stereocenters. The molecule has 93 heavy (non-hydrogen) atoms. The van der Waals surface area contributed by atoms with E-state index in [1.54, 1.807) is 60.7 Å². The van der Waals surface area contributed by atoms with E-state index in [2.05, 4.69) is 70.4 Å². The second-order valence-electron chi connectivity index (χ2n) is 23.2. The van der Waals surface area contributed by atoms with Crippen molar-refractivity contribution in [3.63, 3.8) is 0 Å². The molecule has 4 atom stereocenters. The van der Waals surface area contributed by atoms with Gasteiger partial charge in [-0.25, -0.2) is 42.3 Å². The molecule has 0 amide bonds. The highest BCUT2D eigenvalue weighted by molar-refractivity contribution is 9.10. The van der Waals surface area contributed by atoms with Crippen molar-refractivity contribution in [2.45, 2.75) is 115 Å². The van der Waals surface area contributed by atoms with Crippen molar-refractivity contribution in [3.05, 3.63) is 242 Å². The number of methoxy groups -OCH3 is 1. The summed E-state index contributed by atoms with van der Waals surface area (Å²) in [6.45, 7) is 6.22. The molecule has 4 aromatic heterocycles. The first kappa shape index (κ1) is 72.2. The Bertz CT molecular complexity index is 3830. The van der Waals surface area contributed by atoms with Crippen LogP contribution in [0.15, 0.2) is 137 Å². The zero-order chi connectivity index (χ0) is 67.4. The molecular weight excluding hydrogens is 1410 g/mol. The number of halogens is 10. The average molecular weight is 1480 g/mol. The van der Waals surface area contributed by atoms with E-state index in [1.165, 1.54) is 81.1 Å². The summed E-state index contributed by atoms with van der Waals surface area (Å²) >= 11 is 30.4. The second-order valence-corrected chi connectivity index (χ2v) is 26.5. The molecule has 12 rings (SSSR count). The topological polar surface area (TPSA) is 207 Å². The van der Waals surface area contributed by atoms with Crippen LogP contribution in [0, 0.1) is 46.9 Å². The van der Waals surface area contributed by atoms with Crippen LogP contribution in [0.2, 0.25) is 20.1 Å². The first-order valence-electron chi connectivity index (χ1n) is 30.5. The van der Waals surface area contributed by atoms with E-state index >= 15 is 8.78 Å². The normalized spacial score (nSPS) is 15.2. The fourth-order valence-electron chi connectivity index (χ4n) is 11.2. The van der Waals surface area contributed by atoms with Gasteiger partial charge in [0.05, 0.1) is 44.4 Å². The van der Waals surface area contributed by atoms with Crippen LogP contribution in [0.4, 0.5) is 29.2 Å². The summed E-state index contributed by atoms with van der Waals surface area (Å²) in [6.07, 6.45) is 17.2. The van der Waals surface area contributed by atoms with Gasteiger partial charge in [-0.05, 0) is 239 Å². The molecule has 4 aromatic carbocycles. The quantitative estimate of drug-likeness (QED) is 0.0317. The van der Waals surface area contributed by atoms with Crippen LogP contribution in [-0.4, -0.2) is 50.4 Å². The Hall–Kier alpha value is -6.64. The lowest BCUT2D eigenvalue weighted by atomic mass is 9.89. The number of esters is 1. The average Bonchev–Trinajstić information content (AvgIpc) is 1.83. The second kappa shape index (κ2) is 33.2. The van der Waals surface area contributed by atoms with Crippen molar-refractivity contribution in [1.29, 1.82) is 0 Å². The van der Waals surface area contributed by atoms with Crippen LogP contribution in [-0.2, 0) is 4.74 Å². The Morgan fingerprint density at radius 1 is 0.473 bits per heavy atom. The molecule has 0 saturated heterocycles. The number of ketones is 3. The van der Waals surface area contributed by atoms with Gasteiger partial charge in [-0.15, -0.1) is 0 Å². The molecular formula is C71H69Br2Cl4F4N7O5. The number of rotatable bonds is 18. The van der Waals surface area contributed by atoms with Crippen molar-refractivity contribution in [3.8, 4) is 0 Å². The number of carbonyl (C=O) groups is 4. The molecule has 22 heteroatoms. The van der Waals surface area contributed by atoms with E-state index in [1.807, 2.05) is 13.0 Å². The molecule has 4 fully saturated rings. The van der Waals surface area contributed by atoms with E-state index in [0.717, 1.165) is 63.4 Å². The van der Waals surface area contributed by atoms with Gasteiger partial charge in [-0.3, -0.25) is 14.4 Å². The number of hydrogen-bond donors (Lipinski definition) is 3. The highest BCUT2D eigenvalue weighted by Crippen LogP contribution is 2.48. The van der Waals surface area contributed by atoms with Gasteiger partial charge in [0.25, 0.3) is 0 Å². The minimum Gasteiger partial charge on any atom is -0.465 e. The Balaban J connectivity index is 0.000000153. The smallest absolute Gasteiger partial charge is 0.339 e. The summed E-state index contributed by atoms with van der Waals surface area (Å²) < 4.78 is 64.2. The molecule has 0 aliphatic heterocycles. The fraction of sp³-hybridized carbons (Fsp3) is 0.324. The lowest BCUT2D eigenvalue weighted by Gasteiger charge is -2.17. The van der Waals surface area contributed by atoms with Crippen LogP contribution in [0.5, 0.6) is 0 Å². The first-order chi connectivity index (χ1) is 44.5. The van der Waals surface area contributed by atoms with Crippen molar-refractivity contribution < 1.29 is 41.5 Å². The van der Waals surface area contributed by atoms with Gasteiger partial charge in [0.2, 0.25) is 0 Å². The van der Waals surface area contributed by atoms with Crippen molar-refractivity contribution in [2.24, 2.45) is 29.4 Å². The molecule has 0 bridgehead atoms. The molecule has 4 heterocycles. The monoisotopic (exact) mass is 1470 g/mol. The zero-order valence-electron chi connectivity index (χ0n) is 51.4. The summed E-state index contributed by atoms with van der Waals surface area (Å²) in [7, 11) is 1.34. The zero-order valence-corrected chi connectivity index (χ0v) is 57.6. The number of nitrogens with two attached hydrogens (primary N) is 3. The third kappa shape index (κ3) is 18.9. The molecule has 6 N–H and O–H groups in total. The van der Waals surface area contributed by atoms with E-state index < -0.39 is 40.8 Å². The number of benzene rings is 4. The van der Waals surface area contributed by atoms with E-state index in [9.17, 15) is 28.0 Å². The maximum Gasteiger partial charge on any atom is 0.339 e. The lowest BCUT2D eigenvalue weighted by molar-refractivity contribution is 0.0599. The number of ether oxygens (including phenoxy) is 1. The minimum absolute atomic E-state index is 0.0487. The molecule has 0 radical (unpaired) electrons. The summed E-state index contributed by atoms with van der Waals surface area (Å²) in [5, 5.41) is 0.812. The summed E-state index contributed by atoms with van der Waals surface area (Å²) in [4.78, 5) is 64.3. The summed E-state index contributed by atoms with van der Waals surface area (Å²) in [5.74, 6) is -0.270. The summed E-state index contributed by atoms with van der Waals surface area (Å²) in [6, 6.07) is 27.0. The van der Waals surface area contributed by atoms with Crippen molar-refractivity contribution in [1.82, 2.24) is 19.9 Å². The molecule has 12 nitrogen and oxygen atoms in total. The van der Waals surface area contributed by atoms with Crippen LogP contribution in [0.1, 0.15) is 196 Å². The number of pyridine rings is 4. The number of nitrogen functional groups attached to an aromatic ring is 2. The Morgan fingerprint density at radius 2 is 0.806 bits per heavy atom. The van der Waals surface area contributed by atoms with Gasteiger partial charge in [-0.1, -0.05) is 91.4 Å². The summed E-state index contributed by atoms with van der Waals surface area (Å²) in [5.41, 5.74) is 20.4. The van der Waals surface area contributed by atoms with E-state index in [0.29, 0.717) is 71.5 Å². The molecule has 4 saturated carbocycles.